The molecule has 0 radical (unpaired) electrons. The lowest BCUT2D eigenvalue weighted by atomic mass is 10.1. The van der Waals surface area contributed by atoms with Gasteiger partial charge in [0.05, 0.1) is 14.9 Å². The van der Waals surface area contributed by atoms with Crippen molar-refractivity contribution in [3.05, 3.63) is 44.2 Å². The molecule has 1 heterocycles. The van der Waals surface area contributed by atoms with E-state index in [1.54, 1.807) is 0 Å². The SMILES string of the molecule is Cn1nc(-c2cc(S(C)(=O)=O)c(Cl)cc2Cl)c(=O)cc1C(F)(F)F. The van der Waals surface area contributed by atoms with Crippen LogP contribution >= 0.6 is 23.2 Å². The van der Waals surface area contributed by atoms with Crippen molar-refractivity contribution in [2.24, 2.45) is 7.05 Å². The minimum atomic E-state index is -4.76. The van der Waals surface area contributed by atoms with Gasteiger partial charge in [0.2, 0.25) is 5.43 Å². The van der Waals surface area contributed by atoms with Gasteiger partial charge in [-0.2, -0.15) is 18.3 Å². The van der Waals surface area contributed by atoms with Crippen LogP contribution in [0, 0.1) is 0 Å². The van der Waals surface area contributed by atoms with E-state index in [0.29, 0.717) is 10.7 Å². The average Bonchev–Trinajstić information content (AvgIpc) is 2.38. The highest BCUT2D eigenvalue weighted by Gasteiger charge is 2.34. The van der Waals surface area contributed by atoms with Crippen LogP contribution in [-0.2, 0) is 23.1 Å². The third kappa shape index (κ3) is 3.57. The molecule has 0 saturated heterocycles. The number of rotatable bonds is 2. The van der Waals surface area contributed by atoms with E-state index in [2.05, 4.69) is 5.10 Å². The number of hydrogen-bond donors (Lipinski definition) is 0. The smallest absolute Gasteiger partial charge is 0.287 e. The highest BCUT2D eigenvalue weighted by Crippen LogP contribution is 2.34. The third-order valence-corrected chi connectivity index (χ3v) is 4.94. The molecule has 0 atom stereocenters. The Bertz CT molecular complexity index is 985. The summed E-state index contributed by atoms with van der Waals surface area (Å²) in [6.45, 7) is 0. The molecule has 0 aliphatic rings. The first-order chi connectivity index (χ1) is 10.8. The summed E-state index contributed by atoms with van der Waals surface area (Å²) in [5, 5.41) is 3.30. The van der Waals surface area contributed by atoms with Gasteiger partial charge in [-0.3, -0.25) is 9.48 Å². The van der Waals surface area contributed by atoms with E-state index in [1.807, 2.05) is 0 Å². The van der Waals surface area contributed by atoms with E-state index in [1.165, 1.54) is 0 Å². The number of hydrogen-bond acceptors (Lipinski definition) is 4. The quantitative estimate of drug-likeness (QED) is 0.776. The molecule has 0 saturated carbocycles. The molecule has 1 aromatic heterocycles. The molecule has 2 aromatic rings. The van der Waals surface area contributed by atoms with Crippen LogP contribution < -0.4 is 5.43 Å². The lowest BCUT2D eigenvalue weighted by Gasteiger charge is -2.13. The normalized spacial score (nSPS) is 12.5. The van der Waals surface area contributed by atoms with Crippen LogP contribution in [0.4, 0.5) is 13.2 Å². The second-order valence-electron chi connectivity index (χ2n) is 4.90. The average molecular weight is 401 g/mol. The molecule has 0 amide bonds. The molecule has 0 spiro atoms. The van der Waals surface area contributed by atoms with Gasteiger partial charge in [0.25, 0.3) is 0 Å². The minimum absolute atomic E-state index is 0.114. The lowest BCUT2D eigenvalue weighted by molar-refractivity contribution is -0.144. The van der Waals surface area contributed by atoms with Crippen LogP contribution in [0.5, 0.6) is 0 Å². The standard InChI is InChI=1S/C13H9Cl2F3N2O3S/c1-20-11(13(16,17)18)5-9(21)12(19-20)6-3-10(24(2,22)23)8(15)4-7(6)14/h3-5H,1-2H3. The summed E-state index contributed by atoms with van der Waals surface area (Å²) in [5.74, 6) is 0. The number of nitrogens with zero attached hydrogens (tertiary/aromatic N) is 2. The Kier molecular flexibility index (Phi) is 4.73. The fraction of sp³-hybridized carbons (Fsp3) is 0.231. The van der Waals surface area contributed by atoms with Crippen LogP contribution in [0.25, 0.3) is 11.3 Å². The second kappa shape index (κ2) is 6.05. The van der Waals surface area contributed by atoms with Crippen molar-refractivity contribution in [3.8, 4) is 11.3 Å². The zero-order valence-electron chi connectivity index (χ0n) is 12.1. The van der Waals surface area contributed by atoms with Gasteiger partial charge >= 0.3 is 6.18 Å². The number of benzene rings is 1. The van der Waals surface area contributed by atoms with Gasteiger partial charge in [-0.25, -0.2) is 8.42 Å². The van der Waals surface area contributed by atoms with Gasteiger partial charge < -0.3 is 0 Å². The second-order valence-corrected chi connectivity index (χ2v) is 7.70. The molecular weight excluding hydrogens is 392 g/mol. The highest BCUT2D eigenvalue weighted by molar-refractivity contribution is 7.90. The largest absolute Gasteiger partial charge is 0.433 e. The Morgan fingerprint density at radius 1 is 1.12 bits per heavy atom. The molecule has 0 N–H and O–H groups in total. The zero-order valence-corrected chi connectivity index (χ0v) is 14.5. The number of aryl methyl sites for hydroxylation is 1. The van der Waals surface area contributed by atoms with E-state index in [0.717, 1.165) is 25.4 Å². The fourth-order valence-corrected chi connectivity index (χ4v) is 3.62. The Morgan fingerprint density at radius 3 is 2.21 bits per heavy atom. The summed E-state index contributed by atoms with van der Waals surface area (Å²) in [4.78, 5) is 11.7. The summed E-state index contributed by atoms with van der Waals surface area (Å²) in [7, 11) is -2.74. The molecule has 130 valence electrons. The first-order valence-corrected chi connectivity index (χ1v) is 8.82. The molecule has 0 fully saturated rings. The summed E-state index contributed by atoms with van der Waals surface area (Å²) in [6, 6.07) is 2.47. The maximum Gasteiger partial charge on any atom is 0.433 e. The maximum absolute atomic E-state index is 12.8. The molecule has 0 aliphatic carbocycles. The van der Waals surface area contributed by atoms with Crippen LogP contribution in [0.1, 0.15) is 5.69 Å². The van der Waals surface area contributed by atoms with E-state index >= 15 is 0 Å². The fourth-order valence-electron chi connectivity index (χ4n) is 1.99. The summed E-state index contributed by atoms with van der Waals surface area (Å²) < 4.78 is 62.3. The van der Waals surface area contributed by atoms with Gasteiger partial charge in [0, 0.05) is 24.9 Å². The van der Waals surface area contributed by atoms with Crippen LogP contribution in [0.15, 0.2) is 27.9 Å². The summed E-state index contributed by atoms with van der Waals surface area (Å²) >= 11 is 11.8. The monoisotopic (exact) mass is 400 g/mol. The molecule has 5 nitrogen and oxygen atoms in total. The van der Waals surface area contributed by atoms with Gasteiger partial charge in [-0.1, -0.05) is 23.2 Å². The molecule has 11 heteroatoms. The van der Waals surface area contributed by atoms with Crippen LogP contribution in [-0.4, -0.2) is 24.5 Å². The van der Waals surface area contributed by atoms with Crippen molar-refractivity contribution >= 4 is 33.0 Å². The molecule has 0 unspecified atom stereocenters. The van der Waals surface area contributed by atoms with Crippen molar-refractivity contribution in [1.82, 2.24) is 9.78 Å². The van der Waals surface area contributed by atoms with Crippen molar-refractivity contribution in [1.29, 1.82) is 0 Å². The number of alkyl halides is 3. The van der Waals surface area contributed by atoms with Crippen LogP contribution in [0.3, 0.4) is 0 Å². The van der Waals surface area contributed by atoms with Gasteiger partial charge in [0.15, 0.2) is 9.84 Å². The first kappa shape index (κ1) is 18.8. The van der Waals surface area contributed by atoms with Crippen LogP contribution in [0.2, 0.25) is 10.0 Å². The predicted molar refractivity (Wildman–Crippen MR) is 83.0 cm³/mol. The Labute approximate surface area is 144 Å². The number of sulfone groups is 1. The van der Waals surface area contributed by atoms with Gasteiger partial charge in [0.1, 0.15) is 11.4 Å². The van der Waals surface area contributed by atoms with Crippen molar-refractivity contribution in [3.63, 3.8) is 0 Å². The molecule has 0 aliphatic heterocycles. The van der Waals surface area contributed by atoms with Gasteiger partial charge in [-0.15, -0.1) is 0 Å². The molecule has 1 aromatic carbocycles. The van der Waals surface area contributed by atoms with E-state index < -0.39 is 32.8 Å². The molecule has 0 bridgehead atoms. The zero-order chi connectivity index (χ0) is 18.4. The molecule has 24 heavy (non-hydrogen) atoms. The van der Waals surface area contributed by atoms with Crippen molar-refractivity contribution in [2.45, 2.75) is 11.1 Å². The minimum Gasteiger partial charge on any atom is -0.287 e. The topological polar surface area (TPSA) is 69.0 Å². The van der Waals surface area contributed by atoms with E-state index in [4.69, 9.17) is 23.2 Å². The molecular formula is C13H9Cl2F3N2O3S. The van der Waals surface area contributed by atoms with E-state index in [9.17, 15) is 26.4 Å². The van der Waals surface area contributed by atoms with Gasteiger partial charge in [-0.05, 0) is 12.1 Å². The third-order valence-electron chi connectivity index (χ3n) is 3.07. The van der Waals surface area contributed by atoms with E-state index in [-0.39, 0.29) is 20.5 Å². The summed E-state index contributed by atoms with van der Waals surface area (Å²) in [6.07, 6.45) is -3.87. The summed E-state index contributed by atoms with van der Waals surface area (Å²) in [5.41, 5.74) is -2.85. The Morgan fingerprint density at radius 2 is 1.71 bits per heavy atom. The Hall–Kier alpha value is -1.58. The Balaban J connectivity index is 2.79. The van der Waals surface area contributed by atoms with Crippen molar-refractivity contribution < 1.29 is 21.6 Å². The number of aromatic nitrogens is 2. The highest BCUT2D eigenvalue weighted by atomic mass is 35.5. The predicted octanol–water partition coefficient (Wildman–Crippen LogP) is 3.18. The first-order valence-electron chi connectivity index (χ1n) is 6.17. The molecule has 2 rings (SSSR count). The number of halogens is 5. The lowest BCUT2D eigenvalue weighted by Crippen LogP contribution is -2.22. The van der Waals surface area contributed by atoms with Crippen molar-refractivity contribution in [2.75, 3.05) is 6.26 Å². The maximum atomic E-state index is 12.8.